The SMILES string of the molecule is Cl.O=C1CC2(CCNC2)CN1c1ccccc1. The third-order valence-corrected chi connectivity index (χ3v) is 3.72. The van der Waals surface area contributed by atoms with Crippen molar-refractivity contribution in [1.82, 2.24) is 5.32 Å². The lowest BCUT2D eigenvalue weighted by Gasteiger charge is -2.22. The van der Waals surface area contributed by atoms with Gasteiger partial charge < -0.3 is 10.2 Å². The smallest absolute Gasteiger partial charge is 0.227 e. The zero-order valence-electron chi connectivity index (χ0n) is 9.69. The van der Waals surface area contributed by atoms with Crippen LogP contribution < -0.4 is 10.2 Å². The highest BCUT2D eigenvalue weighted by atomic mass is 35.5. The molecule has 1 N–H and O–H groups in total. The molecule has 1 aromatic carbocycles. The van der Waals surface area contributed by atoms with Gasteiger partial charge in [0.2, 0.25) is 5.91 Å². The lowest BCUT2D eigenvalue weighted by atomic mass is 9.86. The van der Waals surface area contributed by atoms with Crippen molar-refractivity contribution in [2.45, 2.75) is 12.8 Å². The first-order valence-electron chi connectivity index (χ1n) is 5.85. The Labute approximate surface area is 108 Å². The lowest BCUT2D eigenvalue weighted by Crippen LogP contribution is -2.29. The molecule has 2 saturated heterocycles. The average molecular weight is 253 g/mol. The van der Waals surface area contributed by atoms with Crippen molar-refractivity contribution < 1.29 is 4.79 Å². The summed E-state index contributed by atoms with van der Waals surface area (Å²) in [5.41, 5.74) is 1.24. The fourth-order valence-corrected chi connectivity index (χ4v) is 2.82. The summed E-state index contributed by atoms with van der Waals surface area (Å²) in [7, 11) is 0. The van der Waals surface area contributed by atoms with Crippen molar-refractivity contribution in [3.05, 3.63) is 30.3 Å². The summed E-state index contributed by atoms with van der Waals surface area (Å²) in [5, 5.41) is 3.37. The summed E-state index contributed by atoms with van der Waals surface area (Å²) < 4.78 is 0. The Morgan fingerprint density at radius 3 is 2.65 bits per heavy atom. The van der Waals surface area contributed by atoms with Gasteiger partial charge >= 0.3 is 0 Å². The van der Waals surface area contributed by atoms with Gasteiger partial charge in [-0.3, -0.25) is 4.79 Å². The van der Waals surface area contributed by atoms with Gasteiger partial charge in [0.25, 0.3) is 0 Å². The van der Waals surface area contributed by atoms with Crippen LogP contribution in [0.15, 0.2) is 30.3 Å². The third-order valence-electron chi connectivity index (χ3n) is 3.72. The molecule has 92 valence electrons. The number of rotatable bonds is 1. The van der Waals surface area contributed by atoms with E-state index in [1.807, 2.05) is 35.2 Å². The van der Waals surface area contributed by atoms with Crippen molar-refractivity contribution in [1.29, 1.82) is 0 Å². The number of carbonyl (C=O) groups is 1. The van der Waals surface area contributed by atoms with E-state index in [1.54, 1.807) is 0 Å². The highest BCUT2D eigenvalue weighted by Crippen LogP contribution is 2.38. The molecule has 0 radical (unpaired) electrons. The summed E-state index contributed by atoms with van der Waals surface area (Å²) in [6.45, 7) is 2.92. The second-order valence-electron chi connectivity index (χ2n) is 4.92. The maximum absolute atomic E-state index is 12.0. The van der Waals surface area contributed by atoms with Gasteiger partial charge in [0.1, 0.15) is 0 Å². The molecule has 2 heterocycles. The molecule has 4 heteroatoms. The number of halogens is 1. The van der Waals surface area contributed by atoms with Crippen molar-refractivity contribution in [3.8, 4) is 0 Å². The highest BCUT2D eigenvalue weighted by molar-refractivity contribution is 5.96. The summed E-state index contributed by atoms with van der Waals surface area (Å²) in [6, 6.07) is 9.98. The number of para-hydroxylation sites is 1. The number of amides is 1. The number of benzene rings is 1. The van der Waals surface area contributed by atoms with E-state index in [0.717, 1.165) is 31.7 Å². The van der Waals surface area contributed by atoms with Crippen LogP contribution in [0.1, 0.15) is 12.8 Å². The maximum atomic E-state index is 12.0. The predicted octanol–water partition coefficient (Wildman–Crippen LogP) is 1.82. The first-order chi connectivity index (χ1) is 7.79. The molecule has 0 saturated carbocycles. The summed E-state index contributed by atoms with van der Waals surface area (Å²) in [5.74, 6) is 0.273. The number of anilines is 1. The standard InChI is InChI=1S/C13H16N2O.ClH/c16-12-8-13(6-7-14-9-13)10-15(12)11-4-2-1-3-5-11;/h1-5,14H,6-10H2;1H. The van der Waals surface area contributed by atoms with Crippen LogP contribution in [0.5, 0.6) is 0 Å². The van der Waals surface area contributed by atoms with Gasteiger partial charge in [-0.25, -0.2) is 0 Å². The molecule has 1 aromatic rings. The van der Waals surface area contributed by atoms with Gasteiger partial charge in [0, 0.05) is 30.6 Å². The van der Waals surface area contributed by atoms with Crippen molar-refractivity contribution in [3.63, 3.8) is 0 Å². The minimum Gasteiger partial charge on any atom is -0.316 e. The molecule has 0 aromatic heterocycles. The van der Waals surface area contributed by atoms with E-state index < -0.39 is 0 Å². The molecule has 1 spiro atoms. The van der Waals surface area contributed by atoms with Crippen LogP contribution in [-0.2, 0) is 4.79 Å². The molecular weight excluding hydrogens is 236 g/mol. The van der Waals surface area contributed by atoms with Crippen LogP contribution in [0, 0.1) is 5.41 Å². The van der Waals surface area contributed by atoms with Gasteiger partial charge in [0.15, 0.2) is 0 Å². The van der Waals surface area contributed by atoms with Gasteiger partial charge in [-0.05, 0) is 25.1 Å². The predicted molar refractivity (Wildman–Crippen MR) is 70.6 cm³/mol. The summed E-state index contributed by atoms with van der Waals surface area (Å²) in [6.07, 6.45) is 1.83. The average Bonchev–Trinajstić information content (AvgIpc) is 2.88. The molecule has 3 rings (SSSR count). The molecule has 1 atom stereocenters. The minimum atomic E-state index is 0. The van der Waals surface area contributed by atoms with E-state index >= 15 is 0 Å². The topological polar surface area (TPSA) is 32.3 Å². The Balaban J connectivity index is 0.00000108. The fourth-order valence-electron chi connectivity index (χ4n) is 2.82. The van der Waals surface area contributed by atoms with E-state index in [1.165, 1.54) is 0 Å². The zero-order valence-corrected chi connectivity index (χ0v) is 10.5. The molecule has 3 nitrogen and oxygen atoms in total. The maximum Gasteiger partial charge on any atom is 0.227 e. The van der Waals surface area contributed by atoms with E-state index in [0.29, 0.717) is 6.42 Å². The van der Waals surface area contributed by atoms with Crippen LogP contribution in [0.4, 0.5) is 5.69 Å². The van der Waals surface area contributed by atoms with E-state index in [2.05, 4.69) is 5.32 Å². The normalized spacial score (nSPS) is 27.5. The van der Waals surface area contributed by atoms with E-state index in [4.69, 9.17) is 0 Å². The van der Waals surface area contributed by atoms with E-state index in [-0.39, 0.29) is 23.7 Å². The Morgan fingerprint density at radius 1 is 1.24 bits per heavy atom. The highest BCUT2D eigenvalue weighted by Gasteiger charge is 2.45. The summed E-state index contributed by atoms with van der Waals surface area (Å²) >= 11 is 0. The van der Waals surface area contributed by atoms with Crippen molar-refractivity contribution in [2.75, 3.05) is 24.5 Å². The van der Waals surface area contributed by atoms with Gasteiger partial charge in [0.05, 0.1) is 0 Å². The molecule has 2 fully saturated rings. The van der Waals surface area contributed by atoms with Gasteiger partial charge in [-0.15, -0.1) is 12.4 Å². The molecule has 17 heavy (non-hydrogen) atoms. The Morgan fingerprint density at radius 2 is 2.00 bits per heavy atom. The fraction of sp³-hybridized carbons (Fsp3) is 0.462. The lowest BCUT2D eigenvalue weighted by molar-refractivity contribution is -0.117. The number of hydrogen-bond acceptors (Lipinski definition) is 2. The first kappa shape index (κ1) is 12.4. The molecule has 1 unspecified atom stereocenters. The molecule has 0 aliphatic carbocycles. The number of nitrogens with zero attached hydrogens (tertiary/aromatic N) is 1. The van der Waals surface area contributed by atoms with Crippen LogP contribution >= 0.6 is 12.4 Å². The minimum absolute atomic E-state index is 0. The monoisotopic (exact) mass is 252 g/mol. The van der Waals surface area contributed by atoms with Crippen molar-refractivity contribution >= 4 is 24.0 Å². The summed E-state index contributed by atoms with van der Waals surface area (Å²) in [4.78, 5) is 14.0. The van der Waals surface area contributed by atoms with E-state index in [9.17, 15) is 4.79 Å². The molecular formula is C13H17ClN2O. The van der Waals surface area contributed by atoms with Crippen LogP contribution in [0.2, 0.25) is 0 Å². The molecule has 2 aliphatic heterocycles. The molecule has 0 bridgehead atoms. The number of carbonyl (C=O) groups excluding carboxylic acids is 1. The van der Waals surface area contributed by atoms with Crippen molar-refractivity contribution in [2.24, 2.45) is 5.41 Å². The van der Waals surface area contributed by atoms with Crippen LogP contribution in [-0.4, -0.2) is 25.5 Å². The largest absolute Gasteiger partial charge is 0.316 e. The quantitative estimate of drug-likeness (QED) is 0.827. The Hall–Kier alpha value is -1.06. The Kier molecular flexibility index (Phi) is 3.40. The number of nitrogens with one attached hydrogen (secondary N) is 1. The second kappa shape index (κ2) is 4.67. The first-order valence-corrected chi connectivity index (χ1v) is 5.85. The van der Waals surface area contributed by atoms with Crippen LogP contribution in [0.3, 0.4) is 0 Å². The van der Waals surface area contributed by atoms with Gasteiger partial charge in [-0.2, -0.15) is 0 Å². The zero-order chi connectivity index (χ0) is 11.0. The van der Waals surface area contributed by atoms with Gasteiger partial charge in [-0.1, -0.05) is 18.2 Å². The van der Waals surface area contributed by atoms with Crippen LogP contribution in [0.25, 0.3) is 0 Å². The molecule has 1 amide bonds. The number of hydrogen-bond donors (Lipinski definition) is 1. The third kappa shape index (κ3) is 2.17. The second-order valence-corrected chi connectivity index (χ2v) is 4.92. The molecule has 2 aliphatic rings. The Bertz CT molecular complexity index is 401.